The Labute approximate surface area is 274 Å². The topological polar surface area (TPSA) is 148 Å². The van der Waals surface area contributed by atoms with E-state index in [1.165, 1.54) is 24.1 Å². The fraction of sp³-hybridized carbons (Fsp3) is 0.297. The number of fused-ring (bicyclic) bond motifs is 1. The van der Waals surface area contributed by atoms with E-state index in [1.54, 1.807) is 30.3 Å². The minimum atomic E-state index is -1.07. The number of carbonyl (C=O) groups is 4. The SMILES string of the molecule is CN(C(=O)[C@@H](Cc1ccc2ccccc2c1)NC(=O)c1cccc(CN)c1)C(Cc1ccc(F)cc1)C(=O)NC(C=O)CCCCN. The highest BCUT2D eigenvalue weighted by atomic mass is 19.1. The van der Waals surface area contributed by atoms with Gasteiger partial charge in [-0.05, 0) is 77.5 Å². The van der Waals surface area contributed by atoms with Crippen molar-refractivity contribution in [2.45, 2.75) is 56.8 Å². The maximum absolute atomic E-state index is 14.3. The van der Waals surface area contributed by atoms with E-state index in [0.717, 1.165) is 21.9 Å². The fourth-order valence-electron chi connectivity index (χ4n) is 5.49. The van der Waals surface area contributed by atoms with Crippen molar-refractivity contribution in [1.29, 1.82) is 0 Å². The smallest absolute Gasteiger partial charge is 0.251 e. The summed E-state index contributed by atoms with van der Waals surface area (Å²) in [5.74, 6) is -1.94. The van der Waals surface area contributed by atoms with Crippen molar-refractivity contribution in [3.63, 3.8) is 0 Å². The fourth-order valence-corrected chi connectivity index (χ4v) is 5.49. The zero-order valence-electron chi connectivity index (χ0n) is 26.5. The van der Waals surface area contributed by atoms with Crippen LogP contribution in [-0.4, -0.2) is 60.6 Å². The standard InChI is InChI=1S/C37H42FN5O4/c1-43(34(22-25-13-16-31(38)17-14-25)36(46)41-32(24-44)11-4-5-18-39)37(47)33(42-35(45)30-10-6-7-27(20-30)23-40)21-26-12-15-28-8-2-3-9-29(28)19-26/h2-3,6-10,12-17,19-20,24,32-34H,4-5,11,18,21-23,39-40H2,1H3,(H,41,46)(H,42,45)/t32?,33-,34?/m1/s1. The first-order chi connectivity index (χ1) is 22.7. The first-order valence-electron chi connectivity index (χ1n) is 15.8. The molecule has 0 aromatic heterocycles. The van der Waals surface area contributed by atoms with Crippen LogP contribution in [0.1, 0.15) is 46.3 Å². The Hall–Kier alpha value is -4.93. The van der Waals surface area contributed by atoms with Gasteiger partial charge in [0.1, 0.15) is 24.2 Å². The predicted octanol–water partition coefficient (Wildman–Crippen LogP) is 3.66. The quantitative estimate of drug-likeness (QED) is 0.109. The van der Waals surface area contributed by atoms with Gasteiger partial charge in [0, 0.05) is 32.0 Å². The third-order valence-electron chi connectivity index (χ3n) is 8.20. The summed E-state index contributed by atoms with van der Waals surface area (Å²) in [5, 5.41) is 7.67. The monoisotopic (exact) mass is 639 g/mol. The number of hydrogen-bond donors (Lipinski definition) is 4. The van der Waals surface area contributed by atoms with Crippen LogP contribution in [0, 0.1) is 5.82 Å². The number of amides is 3. The van der Waals surface area contributed by atoms with E-state index in [-0.39, 0.29) is 19.4 Å². The average Bonchev–Trinajstić information content (AvgIpc) is 3.09. The molecule has 0 aliphatic heterocycles. The summed E-state index contributed by atoms with van der Waals surface area (Å²) in [7, 11) is 1.50. The molecule has 0 fully saturated rings. The molecule has 47 heavy (non-hydrogen) atoms. The summed E-state index contributed by atoms with van der Waals surface area (Å²) in [5.41, 5.74) is 13.9. The molecule has 10 heteroatoms. The zero-order chi connectivity index (χ0) is 33.8. The Bertz CT molecular complexity index is 1680. The number of nitrogens with one attached hydrogen (secondary N) is 2. The van der Waals surface area contributed by atoms with E-state index in [0.29, 0.717) is 43.2 Å². The van der Waals surface area contributed by atoms with Gasteiger partial charge in [0.25, 0.3) is 5.91 Å². The van der Waals surface area contributed by atoms with Gasteiger partial charge in [-0.2, -0.15) is 0 Å². The van der Waals surface area contributed by atoms with Crippen molar-refractivity contribution in [3.8, 4) is 0 Å². The third-order valence-corrected chi connectivity index (χ3v) is 8.20. The Morgan fingerprint density at radius 2 is 1.53 bits per heavy atom. The summed E-state index contributed by atoms with van der Waals surface area (Å²) in [6, 6.07) is 23.3. The second-order valence-electron chi connectivity index (χ2n) is 11.6. The zero-order valence-corrected chi connectivity index (χ0v) is 26.5. The van der Waals surface area contributed by atoms with E-state index in [9.17, 15) is 23.6 Å². The molecule has 0 bridgehead atoms. The number of carbonyl (C=O) groups excluding carboxylic acids is 4. The number of likely N-dealkylation sites (N-methyl/N-ethyl adjacent to an activating group) is 1. The number of rotatable bonds is 16. The lowest BCUT2D eigenvalue weighted by Crippen LogP contribution is -2.56. The van der Waals surface area contributed by atoms with Crippen LogP contribution in [0.5, 0.6) is 0 Å². The summed E-state index contributed by atoms with van der Waals surface area (Å²) >= 11 is 0. The molecule has 0 spiro atoms. The van der Waals surface area contributed by atoms with E-state index >= 15 is 0 Å². The van der Waals surface area contributed by atoms with Gasteiger partial charge in [-0.25, -0.2) is 4.39 Å². The van der Waals surface area contributed by atoms with Gasteiger partial charge < -0.3 is 31.8 Å². The first-order valence-corrected chi connectivity index (χ1v) is 15.8. The predicted molar refractivity (Wildman–Crippen MR) is 181 cm³/mol. The van der Waals surface area contributed by atoms with Crippen molar-refractivity contribution in [3.05, 3.63) is 119 Å². The Morgan fingerprint density at radius 1 is 0.809 bits per heavy atom. The second kappa shape index (κ2) is 17.1. The molecule has 246 valence electrons. The van der Waals surface area contributed by atoms with Crippen molar-refractivity contribution >= 4 is 34.8 Å². The number of benzene rings is 4. The molecule has 0 saturated heterocycles. The highest BCUT2D eigenvalue weighted by Gasteiger charge is 2.33. The maximum atomic E-state index is 14.3. The third kappa shape index (κ3) is 9.78. The van der Waals surface area contributed by atoms with Crippen LogP contribution in [-0.2, 0) is 33.8 Å². The van der Waals surface area contributed by atoms with Gasteiger partial charge >= 0.3 is 0 Å². The normalized spacial score (nSPS) is 12.9. The molecule has 0 aliphatic carbocycles. The lowest BCUT2D eigenvalue weighted by molar-refractivity contribution is -0.140. The van der Waals surface area contributed by atoms with Gasteiger partial charge in [0.15, 0.2) is 0 Å². The van der Waals surface area contributed by atoms with Crippen LogP contribution in [0.25, 0.3) is 10.8 Å². The molecule has 4 rings (SSSR count). The Kier molecular flexibility index (Phi) is 12.7. The summed E-state index contributed by atoms with van der Waals surface area (Å²) in [4.78, 5) is 54.7. The highest BCUT2D eigenvalue weighted by Crippen LogP contribution is 2.19. The first kappa shape index (κ1) is 34.9. The summed E-state index contributed by atoms with van der Waals surface area (Å²) in [6.07, 6.45) is 2.61. The van der Waals surface area contributed by atoms with E-state index in [2.05, 4.69) is 10.6 Å². The van der Waals surface area contributed by atoms with Gasteiger partial charge in [-0.15, -0.1) is 0 Å². The Morgan fingerprint density at radius 3 is 2.23 bits per heavy atom. The van der Waals surface area contributed by atoms with Crippen molar-refractivity contribution in [1.82, 2.24) is 15.5 Å². The molecular formula is C37H42FN5O4. The second-order valence-corrected chi connectivity index (χ2v) is 11.6. The molecule has 3 atom stereocenters. The molecule has 0 radical (unpaired) electrons. The number of halogens is 1. The van der Waals surface area contributed by atoms with Crippen molar-refractivity contribution in [2.24, 2.45) is 11.5 Å². The van der Waals surface area contributed by atoms with E-state index < -0.39 is 41.7 Å². The van der Waals surface area contributed by atoms with Crippen LogP contribution < -0.4 is 22.1 Å². The Balaban J connectivity index is 1.65. The number of aldehydes is 1. The summed E-state index contributed by atoms with van der Waals surface area (Å²) < 4.78 is 13.7. The van der Waals surface area contributed by atoms with E-state index in [1.807, 2.05) is 48.5 Å². The molecule has 0 heterocycles. The molecule has 6 N–H and O–H groups in total. The van der Waals surface area contributed by atoms with Gasteiger partial charge in [-0.1, -0.05) is 66.7 Å². The summed E-state index contributed by atoms with van der Waals surface area (Å²) in [6.45, 7) is 0.711. The minimum Gasteiger partial charge on any atom is -0.345 e. The number of hydrogen-bond acceptors (Lipinski definition) is 6. The molecule has 3 amide bonds. The molecule has 2 unspecified atom stereocenters. The van der Waals surface area contributed by atoms with Crippen molar-refractivity contribution < 1.29 is 23.6 Å². The average molecular weight is 640 g/mol. The van der Waals surface area contributed by atoms with Crippen LogP contribution in [0.3, 0.4) is 0 Å². The largest absolute Gasteiger partial charge is 0.345 e. The number of nitrogens with two attached hydrogens (primary N) is 2. The van der Waals surface area contributed by atoms with Crippen molar-refractivity contribution in [2.75, 3.05) is 13.6 Å². The lowest BCUT2D eigenvalue weighted by atomic mass is 9.98. The number of nitrogens with zero attached hydrogens (tertiary/aromatic N) is 1. The minimum absolute atomic E-state index is 0.0535. The molecule has 9 nitrogen and oxygen atoms in total. The van der Waals surface area contributed by atoms with Crippen LogP contribution in [0.4, 0.5) is 4.39 Å². The molecule has 4 aromatic rings. The van der Waals surface area contributed by atoms with Gasteiger partial charge in [-0.3, -0.25) is 14.4 Å². The van der Waals surface area contributed by atoms with Gasteiger partial charge in [0.05, 0.1) is 6.04 Å². The number of unbranched alkanes of at least 4 members (excludes halogenated alkanes) is 1. The lowest BCUT2D eigenvalue weighted by Gasteiger charge is -2.32. The molecule has 0 saturated carbocycles. The highest BCUT2D eigenvalue weighted by molar-refractivity contribution is 5.99. The molecule has 0 aliphatic rings. The molecule has 4 aromatic carbocycles. The maximum Gasteiger partial charge on any atom is 0.251 e. The van der Waals surface area contributed by atoms with Gasteiger partial charge in [0.2, 0.25) is 11.8 Å². The van der Waals surface area contributed by atoms with Crippen LogP contribution in [0.15, 0.2) is 91.0 Å². The van der Waals surface area contributed by atoms with Crippen LogP contribution in [0.2, 0.25) is 0 Å². The molecular weight excluding hydrogens is 597 g/mol. The van der Waals surface area contributed by atoms with Crippen LogP contribution >= 0.6 is 0 Å². The van der Waals surface area contributed by atoms with E-state index in [4.69, 9.17) is 11.5 Å².